The molecule has 12 nitrogen and oxygen atoms in total. The summed E-state index contributed by atoms with van der Waals surface area (Å²) in [5.41, 5.74) is 0. The van der Waals surface area contributed by atoms with E-state index >= 15 is 0 Å². The highest BCUT2D eigenvalue weighted by atomic mass is 31.0. The minimum absolute atomic E-state index is 0. The van der Waals surface area contributed by atoms with Crippen LogP contribution in [0.5, 0.6) is 0 Å². The lowest BCUT2D eigenvalue weighted by atomic mass is 9.97. The zero-order valence-electron chi connectivity index (χ0n) is 15.3. The van der Waals surface area contributed by atoms with Gasteiger partial charge in [0.2, 0.25) is 0 Å². The molecule has 0 spiro atoms. The van der Waals surface area contributed by atoms with E-state index in [1.54, 1.807) is 0 Å². The summed E-state index contributed by atoms with van der Waals surface area (Å²) in [6, 6.07) is 0. The summed E-state index contributed by atoms with van der Waals surface area (Å²) in [6.45, 7) is 0. The summed E-state index contributed by atoms with van der Waals surface area (Å²) < 4.78 is 0. The van der Waals surface area contributed by atoms with Crippen molar-refractivity contribution < 1.29 is 40.2 Å². The van der Waals surface area contributed by atoms with Gasteiger partial charge in [0.1, 0.15) is 0 Å². The molecule has 8 N–H and O–H groups in total. The van der Waals surface area contributed by atoms with Crippen LogP contribution in [0.4, 0.5) is 0 Å². The average molecular weight is 555 g/mol. The lowest BCUT2D eigenvalue weighted by molar-refractivity contribution is 0.425. The van der Waals surface area contributed by atoms with Crippen molar-refractivity contribution in [1.29, 1.82) is 21.0 Å². The fourth-order valence-electron chi connectivity index (χ4n) is 0. The molecule has 0 aromatic carbocycles. The van der Waals surface area contributed by atoms with Gasteiger partial charge in [0, 0.05) is 0 Å². The Morgan fingerprint density at radius 2 is 0.357 bits per heavy atom. The molecule has 8 atom stereocenters. The van der Waals surface area contributed by atoms with Gasteiger partial charge >= 0.3 is 28.5 Å². The summed E-state index contributed by atoms with van der Waals surface area (Å²) in [6.07, 6.45) is 0. The van der Waals surface area contributed by atoms with Gasteiger partial charge in [-0.2, -0.15) is 79.2 Å². The Hall–Kier alpha value is 1.34. The van der Waals surface area contributed by atoms with Crippen molar-refractivity contribution in [2.45, 2.75) is 0 Å². The van der Waals surface area contributed by atoms with Crippen molar-refractivity contribution in [2.24, 2.45) is 0 Å². The Morgan fingerprint density at radius 3 is 0.357 bits per heavy atom. The van der Waals surface area contributed by atoms with Crippen LogP contribution < -0.4 is 0 Å². The standard InChI is InChI=1S/4CH2BNO2.8H3P/c4*3-1-2(4)5;;;;;;;;/h4*4-5H;8*1H3. The van der Waals surface area contributed by atoms with E-state index in [1.807, 2.05) is 0 Å². The molecule has 0 aliphatic rings. The van der Waals surface area contributed by atoms with Crippen LogP contribution in [0, 0.1) is 44.9 Å². The number of rotatable bonds is 0. The molecule has 0 saturated heterocycles. The Kier molecular flexibility index (Phi) is 197. The fraction of sp³-hybridized carbons (Fsp3) is 0. The second-order valence-corrected chi connectivity index (χ2v) is 2.01. The summed E-state index contributed by atoms with van der Waals surface area (Å²) in [5.74, 6) is 4.56. The third kappa shape index (κ3) is 217. The lowest BCUT2D eigenvalue weighted by Crippen LogP contribution is -2.05. The summed E-state index contributed by atoms with van der Waals surface area (Å²) in [4.78, 5) is 0. The largest absolute Gasteiger partial charge is 0.573 e. The lowest BCUT2D eigenvalue weighted by Gasteiger charge is -1.67. The average Bonchev–Trinajstić information content (AvgIpc) is 2.40. The monoisotopic (exact) mass is 556 g/mol. The van der Waals surface area contributed by atoms with E-state index in [-0.39, 0.29) is 79.2 Å². The normalized spacial score (nSPS) is 4.14. The molecule has 24 heteroatoms. The SMILES string of the molecule is N#CB(O)O.N#CB(O)O.N#CB(O)O.N#CB(O)O.P.P.P.P.P.P.P.P. The molecule has 0 fully saturated rings. The van der Waals surface area contributed by atoms with Crippen molar-refractivity contribution in [3.05, 3.63) is 0 Å². The van der Waals surface area contributed by atoms with E-state index in [2.05, 4.69) is 0 Å². The second kappa shape index (κ2) is 70.5. The van der Waals surface area contributed by atoms with Crippen molar-refractivity contribution in [3.8, 4) is 23.9 Å². The molecule has 8 unspecified atom stereocenters. The molecule has 0 aromatic heterocycles. The fourth-order valence-corrected chi connectivity index (χ4v) is 0. The van der Waals surface area contributed by atoms with Gasteiger partial charge in [-0.3, -0.25) is 0 Å². The number of nitriles is 4. The smallest absolute Gasteiger partial charge is 0.415 e. The molecule has 0 rings (SSSR count). The minimum Gasteiger partial charge on any atom is -0.415 e. The number of nitrogens with zero attached hydrogens (tertiary/aromatic N) is 4. The first-order valence-electron chi connectivity index (χ1n) is 4.11. The first-order valence-corrected chi connectivity index (χ1v) is 4.11. The van der Waals surface area contributed by atoms with E-state index in [1.165, 1.54) is 0 Å². The zero-order chi connectivity index (χ0) is 17.1. The third-order valence-corrected chi connectivity index (χ3v) is 0.462. The van der Waals surface area contributed by atoms with Gasteiger partial charge in [0.25, 0.3) is 0 Å². The minimum atomic E-state index is -1.81. The molecule has 0 aliphatic heterocycles. The van der Waals surface area contributed by atoms with Crippen LogP contribution in [-0.4, -0.2) is 68.7 Å². The predicted octanol–water partition coefficient (Wildman–Crippen LogP) is -5.45. The van der Waals surface area contributed by atoms with Crippen LogP contribution in [-0.2, 0) is 0 Å². The molecule has 168 valence electrons. The second-order valence-electron chi connectivity index (χ2n) is 2.01. The highest BCUT2D eigenvalue weighted by Gasteiger charge is 1.99. The molecule has 0 amide bonds. The third-order valence-electron chi connectivity index (χ3n) is 0.462. The maximum atomic E-state index is 7.56. The summed E-state index contributed by atoms with van der Waals surface area (Å²) >= 11 is 0. The highest BCUT2D eigenvalue weighted by molar-refractivity contribution is 6.93. The van der Waals surface area contributed by atoms with E-state index in [4.69, 9.17) is 61.2 Å². The molecule has 0 bridgehead atoms. The first-order chi connectivity index (χ1) is 9.08. The van der Waals surface area contributed by atoms with Crippen molar-refractivity contribution in [1.82, 2.24) is 0 Å². The maximum absolute atomic E-state index is 7.56. The molecule has 0 heterocycles. The van der Waals surface area contributed by atoms with Gasteiger partial charge in [-0.15, -0.1) is 0 Å². The summed E-state index contributed by atoms with van der Waals surface area (Å²) in [5, 5.41) is 90.0. The Balaban J connectivity index is -0.0000000111. The van der Waals surface area contributed by atoms with E-state index < -0.39 is 28.5 Å². The highest BCUT2D eigenvalue weighted by Crippen LogP contribution is 1.52. The molecule has 0 saturated carbocycles. The van der Waals surface area contributed by atoms with E-state index in [0.29, 0.717) is 0 Å². The van der Waals surface area contributed by atoms with Crippen LogP contribution in [0.15, 0.2) is 0 Å². The Morgan fingerprint density at radius 1 is 0.321 bits per heavy atom. The topological polar surface area (TPSA) is 257 Å². The van der Waals surface area contributed by atoms with Gasteiger partial charge in [-0.25, -0.2) is 21.0 Å². The quantitative estimate of drug-likeness (QED) is 0.103. The molecule has 0 radical (unpaired) electrons. The van der Waals surface area contributed by atoms with Crippen molar-refractivity contribution in [3.63, 3.8) is 0 Å². The van der Waals surface area contributed by atoms with Gasteiger partial charge in [-0.05, 0) is 0 Å². The molecule has 0 aromatic rings. The molecular weight excluding hydrogens is 523 g/mol. The van der Waals surface area contributed by atoms with Gasteiger partial charge < -0.3 is 40.2 Å². The van der Waals surface area contributed by atoms with Crippen molar-refractivity contribution >= 4 is 108 Å². The van der Waals surface area contributed by atoms with E-state index in [9.17, 15) is 0 Å². The molecule has 28 heavy (non-hydrogen) atoms. The predicted molar refractivity (Wildman–Crippen MR) is 152 cm³/mol. The molecule has 0 aliphatic carbocycles. The van der Waals surface area contributed by atoms with Crippen molar-refractivity contribution in [2.75, 3.05) is 0 Å². The Labute approximate surface area is 192 Å². The van der Waals surface area contributed by atoms with Gasteiger partial charge in [0.15, 0.2) is 0 Å². The van der Waals surface area contributed by atoms with Crippen LogP contribution in [0.25, 0.3) is 0 Å². The summed E-state index contributed by atoms with van der Waals surface area (Å²) in [7, 11) is -7.24. The van der Waals surface area contributed by atoms with Crippen LogP contribution in [0.2, 0.25) is 0 Å². The van der Waals surface area contributed by atoms with Crippen LogP contribution in [0.3, 0.4) is 0 Å². The first kappa shape index (κ1) is 78.4. The number of hydrogen-bond acceptors (Lipinski definition) is 12. The molecular formula is C4H32B4N4O8P8. The van der Waals surface area contributed by atoms with Crippen LogP contribution in [0.1, 0.15) is 0 Å². The zero-order valence-corrected chi connectivity index (χ0v) is 26.6. The van der Waals surface area contributed by atoms with Gasteiger partial charge in [-0.1, -0.05) is 0 Å². The van der Waals surface area contributed by atoms with E-state index in [0.717, 1.165) is 23.9 Å². The van der Waals surface area contributed by atoms with Crippen LogP contribution >= 0.6 is 79.2 Å². The van der Waals surface area contributed by atoms with Gasteiger partial charge in [0.05, 0.1) is 23.9 Å². The Bertz CT molecular complexity index is 317. The maximum Gasteiger partial charge on any atom is 0.573 e. The number of hydrogen-bond donors (Lipinski definition) is 8.